The second-order valence-electron chi connectivity index (χ2n) is 5.94. The summed E-state index contributed by atoms with van der Waals surface area (Å²) >= 11 is 0. The smallest absolute Gasteiger partial charge is 0.241 e. The van der Waals surface area contributed by atoms with Gasteiger partial charge in [0.2, 0.25) is 5.91 Å². The number of rotatable bonds is 5. The molecule has 120 valence electrons. The van der Waals surface area contributed by atoms with E-state index in [2.05, 4.69) is 29.7 Å². The topological polar surface area (TPSA) is 50.4 Å². The first-order valence-corrected chi connectivity index (χ1v) is 8.03. The first kappa shape index (κ1) is 15.6. The summed E-state index contributed by atoms with van der Waals surface area (Å²) in [5.41, 5.74) is 3.12. The molecule has 4 nitrogen and oxygen atoms in total. The van der Waals surface area contributed by atoms with Gasteiger partial charge in [0, 0.05) is 11.8 Å². The second kappa shape index (κ2) is 7.29. The van der Waals surface area contributed by atoms with Gasteiger partial charge in [-0.1, -0.05) is 35.9 Å². The molecule has 0 aliphatic carbocycles. The third-order valence-corrected chi connectivity index (χ3v) is 3.97. The third-order valence-electron chi connectivity index (χ3n) is 3.97. The van der Waals surface area contributed by atoms with Gasteiger partial charge in [-0.25, -0.2) is 0 Å². The lowest BCUT2D eigenvalue weighted by Crippen LogP contribution is -2.35. The lowest BCUT2D eigenvalue weighted by atomic mass is 10.1. The zero-order valence-electron chi connectivity index (χ0n) is 13.3. The standard InChI is InChI=1S/C19H22N2O2/c1-14-5-2-6-15(11-14)13-23-17-8-3-7-16(12-17)21-19(22)18-9-4-10-20-18/h2-3,5-8,11-12,18,20H,4,9-10,13H2,1H3,(H,21,22). The summed E-state index contributed by atoms with van der Waals surface area (Å²) in [4.78, 5) is 12.1. The van der Waals surface area contributed by atoms with Crippen LogP contribution in [0, 0.1) is 6.92 Å². The van der Waals surface area contributed by atoms with E-state index < -0.39 is 0 Å². The van der Waals surface area contributed by atoms with Crippen LogP contribution in [-0.4, -0.2) is 18.5 Å². The Kier molecular flexibility index (Phi) is 4.93. The molecule has 1 amide bonds. The van der Waals surface area contributed by atoms with Crippen LogP contribution in [0.2, 0.25) is 0 Å². The number of amides is 1. The highest BCUT2D eigenvalue weighted by Crippen LogP contribution is 2.19. The van der Waals surface area contributed by atoms with Gasteiger partial charge in [0.05, 0.1) is 6.04 Å². The van der Waals surface area contributed by atoms with E-state index in [-0.39, 0.29) is 11.9 Å². The Morgan fingerprint density at radius 2 is 2.13 bits per heavy atom. The van der Waals surface area contributed by atoms with Crippen molar-refractivity contribution in [2.45, 2.75) is 32.4 Å². The molecule has 0 bridgehead atoms. The van der Waals surface area contributed by atoms with Crippen molar-refractivity contribution in [3.63, 3.8) is 0 Å². The average molecular weight is 310 g/mol. The van der Waals surface area contributed by atoms with Crippen LogP contribution in [0.3, 0.4) is 0 Å². The molecule has 0 saturated carbocycles. The second-order valence-corrected chi connectivity index (χ2v) is 5.94. The lowest BCUT2D eigenvalue weighted by Gasteiger charge is -2.12. The van der Waals surface area contributed by atoms with Crippen molar-refractivity contribution in [1.29, 1.82) is 0 Å². The van der Waals surface area contributed by atoms with E-state index in [4.69, 9.17) is 4.74 Å². The van der Waals surface area contributed by atoms with Crippen LogP contribution in [0.15, 0.2) is 48.5 Å². The summed E-state index contributed by atoms with van der Waals surface area (Å²) in [5.74, 6) is 0.780. The van der Waals surface area contributed by atoms with Crippen LogP contribution in [0.1, 0.15) is 24.0 Å². The van der Waals surface area contributed by atoms with Crippen molar-refractivity contribution in [2.75, 3.05) is 11.9 Å². The van der Waals surface area contributed by atoms with Crippen LogP contribution in [0.25, 0.3) is 0 Å². The number of carbonyl (C=O) groups excluding carboxylic acids is 1. The van der Waals surface area contributed by atoms with Crippen molar-refractivity contribution in [1.82, 2.24) is 5.32 Å². The number of hydrogen-bond donors (Lipinski definition) is 2. The zero-order chi connectivity index (χ0) is 16.1. The number of benzene rings is 2. The Hall–Kier alpha value is -2.33. The summed E-state index contributed by atoms with van der Waals surface area (Å²) in [7, 11) is 0. The van der Waals surface area contributed by atoms with Crippen molar-refractivity contribution < 1.29 is 9.53 Å². The number of hydrogen-bond acceptors (Lipinski definition) is 3. The summed E-state index contributed by atoms with van der Waals surface area (Å²) in [6.45, 7) is 3.50. The molecule has 3 rings (SSSR count). The van der Waals surface area contributed by atoms with Crippen molar-refractivity contribution in [2.24, 2.45) is 0 Å². The van der Waals surface area contributed by atoms with Crippen LogP contribution in [0.5, 0.6) is 5.75 Å². The molecule has 1 saturated heterocycles. The molecular formula is C19H22N2O2. The number of nitrogens with one attached hydrogen (secondary N) is 2. The molecule has 2 aromatic rings. The van der Waals surface area contributed by atoms with Gasteiger partial charge in [0.1, 0.15) is 12.4 Å². The van der Waals surface area contributed by atoms with Gasteiger partial charge in [-0.3, -0.25) is 4.79 Å². The molecule has 4 heteroatoms. The Morgan fingerprint density at radius 1 is 1.26 bits per heavy atom. The number of ether oxygens (including phenoxy) is 1. The van der Waals surface area contributed by atoms with Crippen molar-refractivity contribution in [3.05, 3.63) is 59.7 Å². The summed E-state index contributed by atoms with van der Waals surface area (Å²) in [5, 5.41) is 6.15. The quantitative estimate of drug-likeness (QED) is 0.891. The van der Waals surface area contributed by atoms with Gasteiger partial charge in [0.25, 0.3) is 0 Å². The van der Waals surface area contributed by atoms with Gasteiger partial charge in [-0.2, -0.15) is 0 Å². The molecule has 1 atom stereocenters. The Bertz CT molecular complexity index is 679. The highest BCUT2D eigenvalue weighted by molar-refractivity contribution is 5.95. The van der Waals surface area contributed by atoms with Gasteiger partial charge in [-0.15, -0.1) is 0 Å². The molecule has 2 N–H and O–H groups in total. The van der Waals surface area contributed by atoms with E-state index >= 15 is 0 Å². The minimum absolute atomic E-state index is 0.0262. The average Bonchev–Trinajstić information content (AvgIpc) is 3.08. The SMILES string of the molecule is Cc1cccc(COc2cccc(NC(=O)C3CCCN3)c2)c1. The Labute approximate surface area is 136 Å². The fraction of sp³-hybridized carbons (Fsp3) is 0.316. The third kappa shape index (κ3) is 4.33. The van der Waals surface area contributed by atoms with Gasteiger partial charge < -0.3 is 15.4 Å². The van der Waals surface area contributed by atoms with Crippen LogP contribution < -0.4 is 15.4 Å². The summed E-state index contributed by atoms with van der Waals surface area (Å²) in [6, 6.07) is 15.7. The van der Waals surface area contributed by atoms with Gasteiger partial charge in [0.15, 0.2) is 0 Å². The molecule has 0 radical (unpaired) electrons. The monoisotopic (exact) mass is 310 g/mol. The molecule has 1 aliphatic heterocycles. The van der Waals surface area contributed by atoms with E-state index in [9.17, 15) is 4.79 Å². The number of carbonyl (C=O) groups is 1. The minimum atomic E-state index is -0.0770. The van der Waals surface area contributed by atoms with Crippen LogP contribution in [0.4, 0.5) is 5.69 Å². The molecule has 1 aliphatic rings. The van der Waals surface area contributed by atoms with E-state index in [0.717, 1.165) is 36.4 Å². The van der Waals surface area contributed by atoms with Gasteiger partial charge in [-0.05, 0) is 44.0 Å². The van der Waals surface area contributed by atoms with Crippen LogP contribution in [-0.2, 0) is 11.4 Å². The highest BCUT2D eigenvalue weighted by atomic mass is 16.5. The summed E-state index contributed by atoms with van der Waals surface area (Å²) in [6.07, 6.45) is 1.95. The molecular weight excluding hydrogens is 288 g/mol. The van der Waals surface area contributed by atoms with E-state index in [1.165, 1.54) is 5.56 Å². The predicted molar refractivity (Wildman–Crippen MR) is 91.6 cm³/mol. The molecule has 1 unspecified atom stereocenters. The lowest BCUT2D eigenvalue weighted by molar-refractivity contribution is -0.117. The minimum Gasteiger partial charge on any atom is -0.489 e. The molecule has 23 heavy (non-hydrogen) atoms. The largest absolute Gasteiger partial charge is 0.489 e. The fourth-order valence-corrected chi connectivity index (χ4v) is 2.77. The van der Waals surface area contributed by atoms with Crippen molar-refractivity contribution >= 4 is 11.6 Å². The molecule has 0 spiro atoms. The molecule has 1 heterocycles. The maximum Gasteiger partial charge on any atom is 0.241 e. The molecule has 2 aromatic carbocycles. The Morgan fingerprint density at radius 3 is 2.91 bits per heavy atom. The normalized spacial score (nSPS) is 17.0. The number of aryl methyl sites for hydroxylation is 1. The first-order valence-electron chi connectivity index (χ1n) is 8.03. The predicted octanol–water partition coefficient (Wildman–Crippen LogP) is 3.26. The molecule has 0 aromatic heterocycles. The first-order chi connectivity index (χ1) is 11.2. The zero-order valence-corrected chi connectivity index (χ0v) is 13.3. The van der Waals surface area contributed by atoms with Gasteiger partial charge >= 0.3 is 0 Å². The van der Waals surface area contributed by atoms with E-state index in [0.29, 0.717) is 6.61 Å². The van der Waals surface area contributed by atoms with Crippen molar-refractivity contribution in [3.8, 4) is 5.75 Å². The number of anilines is 1. The fourth-order valence-electron chi connectivity index (χ4n) is 2.77. The highest BCUT2D eigenvalue weighted by Gasteiger charge is 2.21. The maximum atomic E-state index is 12.1. The Balaban J connectivity index is 1.59. The van der Waals surface area contributed by atoms with E-state index in [1.54, 1.807) is 0 Å². The van der Waals surface area contributed by atoms with E-state index in [1.807, 2.05) is 36.4 Å². The summed E-state index contributed by atoms with van der Waals surface area (Å²) < 4.78 is 5.83. The molecule has 1 fully saturated rings. The van der Waals surface area contributed by atoms with Crippen LogP contribution >= 0.6 is 0 Å². The maximum absolute atomic E-state index is 12.1.